The average molecular weight is 373 g/mol. The molecule has 0 saturated heterocycles. The standard InChI is InChI=1S/C21H29N3OS/c1-5-16-7-9-17(10-8-16)20(24(3)4)15-22-21(26)23-18-11-13-19(14-12-18)25-6-2/h7-14,20H,5-6,15H2,1-4H3,(H2,22,23,26)/p+1/t20-/m1/s1. The second kappa shape index (κ2) is 10.1. The minimum atomic E-state index is 0.334. The van der Waals surface area contributed by atoms with Crippen molar-refractivity contribution in [3.05, 3.63) is 59.7 Å². The summed E-state index contributed by atoms with van der Waals surface area (Å²) in [5.74, 6) is 0.865. The molecule has 2 aromatic rings. The number of hydrogen-bond donors (Lipinski definition) is 3. The molecular formula is C21H30N3OS+. The largest absolute Gasteiger partial charge is 0.494 e. The third kappa shape index (κ3) is 6.00. The fourth-order valence-corrected chi connectivity index (χ4v) is 3.01. The molecule has 0 amide bonds. The number of benzene rings is 2. The van der Waals surface area contributed by atoms with Gasteiger partial charge in [-0.05, 0) is 55.4 Å². The molecular weight excluding hydrogens is 342 g/mol. The van der Waals surface area contributed by atoms with E-state index >= 15 is 0 Å². The molecule has 0 aliphatic heterocycles. The van der Waals surface area contributed by atoms with Crippen molar-refractivity contribution >= 4 is 23.0 Å². The lowest BCUT2D eigenvalue weighted by molar-refractivity contribution is -0.890. The third-order valence-corrected chi connectivity index (χ3v) is 4.62. The number of thiocarbonyl (C=S) groups is 1. The lowest BCUT2D eigenvalue weighted by atomic mass is 10.0. The van der Waals surface area contributed by atoms with Gasteiger partial charge >= 0.3 is 0 Å². The van der Waals surface area contributed by atoms with Crippen molar-refractivity contribution in [2.24, 2.45) is 0 Å². The predicted octanol–water partition coefficient (Wildman–Crippen LogP) is 2.82. The number of ether oxygens (including phenoxy) is 1. The molecule has 1 atom stereocenters. The molecule has 0 fully saturated rings. The van der Waals surface area contributed by atoms with Crippen LogP contribution in [0.4, 0.5) is 5.69 Å². The van der Waals surface area contributed by atoms with Gasteiger partial charge in [0.15, 0.2) is 5.11 Å². The highest BCUT2D eigenvalue weighted by Gasteiger charge is 2.18. The maximum atomic E-state index is 5.46. The zero-order chi connectivity index (χ0) is 18.9. The van der Waals surface area contributed by atoms with Gasteiger partial charge in [-0.2, -0.15) is 0 Å². The van der Waals surface area contributed by atoms with Crippen molar-refractivity contribution in [2.45, 2.75) is 26.3 Å². The monoisotopic (exact) mass is 372 g/mol. The number of hydrogen-bond acceptors (Lipinski definition) is 2. The van der Waals surface area contributed by atoms with E-state index in [1.54, 1.807) is 0 Å². The minimum absolute atomic E-state index is 0.334. The fraction of sp³-hybridized carbons (Fsp3) is 0.381. The number of anilines is 1. The Bertz CT molecular complexity index is 683. The normalized spacial score (nSPS) is 11.9. The fourth-order valence-electron chi connectivity index (χ4n) is 2.81. The molecule has 0 heterocycles. The van der Waals surface area contributed by atoms with Crippen LogP contribution >= 0.6 is 12.2 Å². The Morgan fingerprint density at radius 3 is 2.23 bits per heavy atom. The van der Waals surface area contributed by atoms with Crippen LogP contribution in [0.15, 0.2) is 48.5 Å². The minimum Gasteiger partial charge on any atom is -0.494 e. The van der Waals surface area contributed by atoms with Crippen molar-refractivity contribution in [1.29, 1.82) is 0 Å². The molecule has 0 aliphatic rings. The van der Waals surface area contributed by atoms with Gasteiger partial charge in [0.2, 0.25) is 0 Å². The summed E-state index contributed by atoms with van der Waals surface area (Å²) in [6.07, 6.45) is 1.06. The summed E-state index contributed by atoms with van der Waals surface area (Å²) in [4.78, 5) is 1.37. The molecule has 0 unspecified atom stereocenters. The van der Waals surface area contributed by atoms with Crippen LogP contribution in [0.1, 0.15) is 31.0 Å². The van der Waals surface area contributed by atoms with E-state index in [1.165, 1.54) is 16.0 Å². The first-order chi connectivity index (χ1) is 12.5. The van der Waals surface area contributed by atoms with Crippen LogP contribution in [0.5, 0.6) is 5.75 Å². The zero-order valence-corrected chi connectivity index (χ0v) is 17.0. The molecule has 2 aromatic carbocycles. The van der Waals surface area contributed by atoms with Gasteiger partial charge in [0.1, 0.15) is 11.8 Å². The molecule has 0 saturated carbocycles. The summed E-state index contributed by atoms with van der Waals surface area (Å²) in [6, 6.07) is 17.0. The first kappa shape index (κ1) is 20.2. The van der Waals surface area contributed by atoms with Crippen LogP contribution in [0, 0.1) is 0 Å². The van der Waals surface area contributed by atoms with E-state index in [2.05, 4.69) is 55.9 Å². The van der Waals surface area contributed by atoms with E-state index in [-0.39, 0.29) is 0 Å². The van der Waals surface area contributed by atoms with Crippen LogP contribution < -0.4 is 20.3 Å². The van der Waals surface area contributed by atoms with Gasteiger partial charge in [0, 0.05) is 11.3 Å². The lowest BCUT2D eigenvalue weighted by Crippen LogP contribution is -3.07. The van der Waals surface area contributed by atoms with Crippen molar-refractivity contribution in [2.75, 3.05) is 32.6 Å². The number of rotatable bonds is 8. The Morgan fingerprint density at radius 2 is 1.69 bits per heavy atom. The van der Waals surface area contributed by atoms with Gasteiger partial charge in [0.05, 0.1) is 27.2 Å². The summed E-state index contributed by atoms with van der Waals surface area (Å²) in [7, 11) is 4.34. The first-order valence-corrected chi connectivity index (χ1v) is 9.60. The van der Waals surface area contributed by atoms with Crippen molar-refractivity contribution in [3.63, 3.8) is 0 Å². The zero-order valence-electron chi connectivity index (χ0n) is 16.1. The second-order valence-electron chi connectivity index (χ2n) is 6.52. The van der Waals surface area contributed by atoms with Gasteiger partial charge in [-0.1, -0.05) is 31.2 Å². The van der Waals surface area contributed by atoms with Gasteiger partial charge in [0.25, 0.3) is 0 Å². The van der Waals surface area contributed by atoms with E-state index in [4.69, 9.17) is 17.0 Å². The van der Waals surface area contributed by atoms with E-state index < -0.39 is 0 Å². The van der Waals surface area contributed by atoms with Gasteiger partial charge < -0.3 is 20.3 Å². The molecule has 0 aliphatic carbocycles. The maximum Gasteiger partial charge on any atom is 0.171 e. The van der Waals surface area contributed by atoms with Crippen LogP contribution in [0.25, 0.3) is 0 Å². The quantitative estimate of drug-likeness (QED) is 0.623. The molecule has 5 heteroatoms. The Hall–Kier alpha value is -2.11. The van der Waals surface area contributed by atoms with Gasteiger partial charge in [-0.3, -0.25) is 0 Å². The highest BCUT2D eigenvalue weighted by molar-refractivity contribution is 7.80. The molecule has 3 N–H and O–H groups in total. The Kier molecular flexibility index (Phi) is 7.88. The smallest absolute Gasteiger partial charge is 0.171 e. The van der Waals surface area contributed by atoms with Crippen LogP contribution in [-0.2, 0) is 6.42 Å². The molecule has 2 rings (SSSR count). The summed E-state index contributed by atoms with van der Waals surface area (Å²) in [5, 5.41) is 7.21. The highest BCUT2D eigenvalue weighted by Crippen LogP contribution is 2.16. The second-order valence-corrected chi connectivity index (χ2v) is 6.93. The van der Waals surface area contributed by atoms with Crippen LogP contribution in [-0.4, -0.2) is 32.4 Å². The van der Waals surface area contributed by atoms with Crippen LogP contribution in [0.3, 0.4) is 0 Å². The Morgan fingerprint density at radius 1 is 1.04 bits per heavy atom. The summed E-state index contributed by atoms with van der Waals surface area (Å²) in [5.41, 5.74) is 3.63. The van der Waals surface area contributed by atoms with Crippen LogP contribution in [0.2, 0.25) is 0 Å². The average Bonchev–Trinajstić information content (AvgIpc) is 2.64. The molecule has 0 spiro atoms. The number of nitrogens with one attached hydrogen (secondary N) is 3. The van der Waals surface area contributed by atoms with Crippen molar-refractivity contribution in [1.82, 2.24) is 5.32 Å². The molecule has 4 nitrogen and oxygen atoms in total. The molecule has 140 valence electrons. The highest BCUT2D eigenvalue weighted by atomic mass is 32.1. The summed E-state index contributed by atoms with van der Waals surface area (Å²) >= 11 is 5.45. The predicted molar refractivity (Wildman–Crippen MR) is 113 cm³/mol. The van der Waals surface area contributed by atoms with E-state index in [9.17, 15) is 0 Å². The van der Waals surface area contributed by atoms with E-state index in [1.807, 2.05) is 31.2 Å². The van der Waals surface area contributed by atoms with Gasteiger partial charge in [-0.25, -0.2) is 0 Å². The maximum absolute atomic E-state index is 5.46. The molecule has 0 bridgehead atoms. The topological polar surface area (TPSA) is 37.7 Å². The molecule has 0 radical (unpaired) electrons. The van der Waals surface area contributed by atoms with Crippen molar-refractivity contribution in [3.8, 4) is 5.75 Å². The summed E-state index contributed by atoms with van der Waals surface area (Å²) < 4.78 is 5.46. The lowest BCUT2D eigenvalue weighted by Gasteiger charge is -2.23. The SMILES string of the molecule is CCOc1ccc(NC(=S)NC[C@H](c2ccc(CC)cc2)[NH+](C)C)cc1. The molecule has 26 heavy (non-hydrogen) atoms. The van der Waals surface area contributed by atoms with E-state index in [0.29, 0.717) is 17.8 Å². The summed E-state index contributed by atoms with van der Waals surface area (Å²) in [6.45, 7) is 5.59. The third-order valence-electron chi connectivity index (χ3n) is 4.38. The number of aryl methyl sites for hydroxylation is 1. The Balaban J connectivity index is 1.92. The van der Waals surface area contributed by atoms with Crippen molar-refractivity contribution < 1.29 is 9.64 Å². The van der Waals surface area contributed by atoms with Gasteiger partial charge in [-0.15, -0.1) is 0 Å². The molecule has 0 aromatic heterocycles. The number of likely N-dealkylation sites (N-methyl/N-ethyl adjacent to an activating group) is 1. The van der Waals surface area contributed by atoms with E-state index in [0.717, 1.165) is 24.4 Å². The number of quaternary nitrogens is 1. The first-order valence-electron chi connectivity index (χ1n) is 9.20. The Labute approximate surface area is 162 Å².